The van der Waals surface area contributed by atoms with Crippen LogP contribution in [0.15, 0.2) is 42.6 Å². The maximum absolute atomic E-state index is 13.3. The van der Waals surface area contributed by atoms with Gasteiger partial charge in [-0.15, -0.1) is 0 Å². The molecule has 1 aromatic carbocycles. The predicted molar refractivity (Wildman–Crippen MR) is 91.8 cm³/mol. The molecule has 0 radical (unpaired) electrons. The molecule has 0 aliphatic rings. The van der Waals surface area contributed by atoms with Gasteiger partial charge in [0.05, 0.1) is 0 Å². The summed E-state index contributed by atoms with van der Waals surface area (Å²) in [6.45, 7) is 5.64. The Labute approximate surface area is 146 Å². The standard InChI is InChI=1S/C19H22F2N2O2/c1-13(2)10-23-18(24)17-8-7-14(11-22-17)12-25-16-6-4-5-15(9-16)19(3,20)21/h4-9,11,13H,10,12H2,1-3H3,(H,23,24). The van der Waals surface area contributed by atoms with Crippen LogP contribution in [0.2, 0.25) is 0 Å². The molecule has 0 saturated heterocycles. The van der Waals surface area contributed by atoms with Crippen molar-refractivity contribution in [2.75, 3.05) is 6.54 Å². The zero-order chi connectivity index (χ0) is 18.4. The number of nitrogens with one attached hydrogen (secondary N) is 1. The summed E-state index contributed by atoms with van der Waals surface area (Å²) in [6, 6.07) is 9.18. The summed E-state index contributed by atoms with van der Waals surface area (Å²) in [4.78, 5) is 16.0. The normalized spacial score (nSPS) is 11.4. The molecule has 1 amide bonds. The number of alkyl halides is 2. The highest BCUT2D eigenvalue weighted by molar-refractivity contribution is 5.92. The van der Waals surface area contributed by atoms with Gasteiger partial charge in [0.15, 0.2) is 0 Å². The third-order valence-electron chi connectivity index (χ3n) is 3.47. The van der Waals surface area contributed by atoms with Gasteiger partial charge >= 0.3 is 0 Å². The second-order valence-electron chi connectivity index (χ2n) is 6.36. The monoisotopic (exact) mass is 348 g/mol. The van der Waals surface area contributed by atoms with Gasteiger partial charge in [-0.2, -0.15) is 0 Å². The Hall–Kier alpha value is -2.50. The Balaban J connectivity index is 1.95. The summed E-state index contributed by atoms with van der Waals surface area (Å²) in [5, 5.41) is 2.79. The van der Waals surface area contributed by atoms with E-state index >= 15 is 0 Å². The minimum absolute atomic E-state index is 0.0969. The SMILES string of the molecule is CC(C)CNC(=O)c1ccc(COc2cccc(C(C)(F)F)c2)cn1. The number of rotatable bonds is 7. The van der Waals surface area contributed by atoms with E-state index in [4.69, 9.17) is 4.74 Å². The Morgan fingerprint density at radius 2 is 2.04 bits per heavy atom. The number of amides is 1. The molecule has 25 heavy (non-hydrogen) atoms. The number of nitrogens with zero attached hydrogens (tertiary/aromatic N) is 1. The predicted octanol–water partition coefficient (Wildman–Crippen LogP) is 4.16. The summed E-state index contributed by atoms with van der Waals surface area (Å²) < 4.78 is 32.2. The molecule has 2 aromatic rings. The van der Waals surface area contributed by atoms with E-state index in [1.54, 1.807) is 24.4 Å². The highest BCUT2D eigenvalue weighted by Crippen LogP contribution is 2.29. The van der Waals surface area contributed by atoms with E-state index in [1.165, 1.54) is 18.2 Å². The molecule has 0 spiro atoms. The van der Waals surface area contributed by atoms with Crippen molar-refractivity contribution in [3.8, 4) is 5.75 Å². The molecule has 0 fully saturated rings. The van der Waals surface area contributed by atoms with Crippen LogP contribution in [0.4, 0.5) is 8.78 Å². The minimum Gasteiger partial charge on any atom is -0.489 e. The van der Waals surface area contributed by atoms with Gasteiger partial charge in [-0.05, 0) is 24.1 Å². The van der Waals surface area contributed by atoms with Crippen LogP contribution in [0, 0.1) is 5.92 Å². The van der Waals surface area contributed by atoms with E-state index in [1.807, 2.05) is 13.8 Å². The van der Waals surface area contributed by atoms with Crippen molar-refractivity contribution in [2.24, 2.45) is 5.92 Å². The molecule has 0 bridgehead atoms. The molecule has 1 heterocycles. The third kappa shape index (κ3) is 5.81. The number of benzene rings is 1. The van der Waals surface area contributed by atoms with Gasteiger partial charge < -0.3 is 10.1 Å². The maximum atomic E-state index is 13.3. The van der Waals surface area contributed by atoms with Crippen molar-refractivity contribution >= 4 is 5.91 Å². The van der Waals surface area contributed by atoms with Crippen molar-refractivity contribution in [2.45, 2.75) is 33.3 Å². The van der Waals surface area contributed by atoms with Crippen LogP contribution in [0.25, 0.3) is 0 Å². The topological polar surface area (TPSA) is 51.2 Å². The van der Waals surface area contributed by atoms with Crippen molar-refractivity contribution < 1.29 is 18.3 Å². The molecule has 2 rings (SSSR count). The highest BCUT2D eigenvalue weighted by atomic mass is 19.3. The van der Waals surface area contributed by atoms with Crippen molar-refractivity contribution in [1.82, 2.24) is 10.3 Å². The van der Waals surface area contributed by atoms with Crippen LogP contribution in [-0.2, 0) is 12.5 Å². The van der Waals surface area contributed by atoms with Crippen molar-refractivity contribution in [1.29, 1.82) is 0 Å². The molecule has 1 N–H and O–H groups in total. The molecular formula is C19H22F2N2O2. The highest BCUT2D eigenvalue weighted by Gasteiger charge is 2.24. The molecule has 0 saturated carbocycles. The first-order valence-electron chi connectivity index (χ1n) is 8.10. The summed E-state index contributed by atoms with van der Waals surface area (Å²) in [6.07, 6.45) is 1.54. The Bertz CT molecular complexity index is 710. The van der Waals surface area contributed by atoms with E-state index in [0.29, 0.717) is 23.9 Å². The van der Waals surface area contributed by atoms with Gasteiger partial charge in [-0.3, -0.25) is 9.78 Å². The Morgan fingerprint density at radius 3 is 2.64 bits per heavy atom. The van der Waals surface area contributed by atoms with Gasteiger partial charge in [-0.25, -0.2) is 8.78 Å². The molecule has 0 aliphatic carbocycles. The third-order valence-corrected chi connectivity index (χ3v) is 3.47. The summed E-state index contributed by atoms with van der Waals surface area (Å²) in [5.74, 6) is -2.41. The zero-order valence-electron chi connectivity index (χ0n) is 14.6. The number of carbonyl (C=O) groups is 1. The van der Waals surface area contributed by atoms with Crippen LogP contribution < -0.4 is 10.1 Å². The quantitative estimate of drug-likeness (QED) is 0.817. The first-order chi connectivity index (χ1) is 11.8. The first kappa shape index (κ1) is 18.8. The van der Waals surface area contributed by atoms with Crippen LogP contribution in [-0.4, -0.2) is 17.4 Å². The molecule has 134 valence electrons. The second-order valence-corrected chi connectivity index (χ2v) is 6.36. The number of hydrogen-bond acceptors (Lipinski definition) is 3. The Kier molecular flexibility index (Phi) is 6.07. The maximum Gasteiger partial charge on any atom is 0.270 e. The average Bonchev–Trinajstić information content (AvgIpc) is 2.58. The minimum atomic E-state index is -2.91. The second kappa shape index (κ2) is 8.05. The molecule has 1 aromatic heterocycles. The summed E-state index contributed by atoms with van der Waals surface area (Å²) >= 11 is 0. The van der Waals surface area contributed by atoms with E-state index in [9.17, 15) is 13.6 Å². The fraction of sp³-hybridized carbons (Fsp3) is 0.368. The molecule has 6 heteroatoms. The van der Waals surface area contributed by atoms with E-state index in [-0.39, 0.29) is 18.1 Å². The Morgan fingerprint density at radius 1 is 1.28 bits per heavy atom. The van der Waals surface area contributed by atoms with E-state index in [2.05, 4.69) is 10.3 Å². The number of aromatic nitrogens is 1. The number of carbonyl (C=O) groups excluding carboxylic acids is 1. The van der Waals surface area contributed by atoms with Crippen molar-refractivity contribution in [3.05, 3.63) is 59.4 Å². The molecule has 0 aliphatic heterocycles. The smallest absolute Gasteiger partial charge is 0.270 e. The number of pyridine rings is 1. The molecule has 0 atom stereocenters. The lowest BCUT2D eigenvalue weighted by Gasteiger charge is -2.13. The average molecular weight is 348 g/mol. The molecule has 4 nitrogen and oxygen atoms in total. The van der Waals surface area contributed by atoms with Gasteiger partial charge in [0, 0.05) is 30.8 Å². The van der Waals surface area contributed by atoms with E-state index in [0.717, 1.165) is 12.5 Å². The number of hydrogen-bond donors (Lipinski definition) is 1. The van der Waals surface area contributed by atoms with Gasteiger partial charge in [0.2, 0.25) is 0 Å². The van der Waals surface area contributed by atoms with Crippen molar-refractivity contribution in [3.63, 3.8) is 0 Å². The first-order valence-corrected chi connectivity index (χ1v) is 8.10. The number of halogens is 2. The summed E-state index contributed by atoms with van der Waals surface area (Å²) in [5.41, 5.74) is 0.978. The lowest BCUT2D eigenvalue weighted by atomic mass is 10.1. The zero-order valence-corrected chi connectivity index (χ0v) is 14.6. The molecule has 0 unspecified atom stereocenters. The van der Waals surface area contributed by atoms with Crippen LogP contribution in [0.3, 0.4) is 0 Å². The molecular weight excluding hydrogens is 326 g/mol. The van der Waals surface area contributed by atoms with Crippen LogP contribution >= 0.6 is 0 Å². The largest absolute Gasteiger partial charge is 0.489 e. The lowest BCUT2D eigenvalue weighted by molar-refractivity contribution is 0.0172. The van der Waals surface area contributed by atoms with Gasteiger partial charge in [0.25, 0.3) is 11.8 Å². The lowest BCUT2D eigenvalue weighted by Crippen LogP contribution is -2.28. The fourth-order valence-corrected chi connectivity index (χ4v) is 2.06. The summed E-state index contributed by atoms with van der Waals surface area (Å²) in [7, 11) is 0. The van der Waals surface area contributed by atoms with Gasteiger partial charge in [-0.1, -0.05) is 32.0 Å². The number of ether oxygens (including phenoxy) is 1. The van der Waals surface area contributed by atoms with Crippen LogP contribution in [0.5, 0.6) is 5.75 Å². The van der Waals surface area contributed by atoms with E-state index < -0.39 is 5.92 Å². The van der Waals surface area contributed by atoms with Crippen LogP contribution in [0.1, 0.15) is 42.4 Å². The fourth-order valence-electron chi connectivity index (χ4n) is 2.06. The van der Waals surface area contributed by atoms with Gasteiger partial charge in [0.1, 0.15) is 18.1 Å².